The number of fused-ring (bicyclic) bond motifs is 2. The minimum atomic E-state index is -0.454. The summed E-state index contributed by atoms with van der Waals surface area (Å²) in [7, 11) is 0. The molecule has 0 aliphatic carbocycles. The minimum Gasteiger partial charge on any atom is -1.00 e. The van der Waals surface area contributed by atoms with Gasteiger partial charge in [0.05, 0.1) is 10.3 Å². The molecule has 0 amide bonds. The number of benzene rings is 2. The maximum absolute atomic E-state index is 13.3. The van der Waals surface area contributed by atoms with Crippen LogP contribution in [-0.4, -0.2) is 36.0 Å². The molecule has 0 spiro atoms. The molecule has 6 nitrogen and oxygen atoms in total. The lowest BCUT2D eigenvalue weighted by molar-refractivity contribution is -0.384. The van der Waals surface area contributed by atoms with Crippen LogP contribution in [0.3, 0.4) is 0 Å². The third-order valence-corrected chi connectivity index (χ3v) is 6.92. The Balaban J connectivity index is 0.00000363. The molecule has 8 heteroatoms. The van der Waals surface area contributed by atoms with Gasteiger partial charge in [0.25, 0.3) is 5.69 Å². The Morgan fingerprint density at radius 2 is 1.75 bits per heavy atom. The van der Waals surface area contributed by atoms with E-state index >= 15 is 0 Å². The van der Waals surface area contributed by atoms with Crippen molar-refractivity contribution in [3.8, 4) is 0 Å². The van der Waals surface area contributed by atoms with Gasteiger partial charge >= 0.3 is 0 Å². The quantitative estimate of drug-likeness (QED) is 0.261. The number of hydrogen-bond donors (Lipinski definition) is 1. The second-order valence-electron chi connectivity index (χ2n) is 7.98. The number of anilines is 1. The van der Waals surface area contributed by atoms with Crippen molar-refractivity contribution in [1.82, 2.24) is 4.90 Å². The molecule has 32 heavy (non-hydrogen) atoms. The van der Waals surface area contributed by atoms with Gasteiger partial charge in [0.2, 0.25) is 0 Å². The van der Waals surface area contributed by atoms with Crippen LogP contribution in [-0.2, 0) is 0 Å². The molecule has 1 aromatic heterocycles. The SMILES string of the molecule is CCCCN(CCCC)CCNc1ccc(C)c2sc3ccc([N+](=O)[O-])cc3c(=O)c12.[Cl-]. The number of aryl methyl sites for hydroxylation is 1. The van der Waals surface area contributed by atoms with E-state index in [0.29, 0.717) is 10.8 Å². The van der Waals surface area contributed by atoms with Crippen LogP contribution in [0.2, 0.25) is 0 Å². The first kappa shape index (κ1) is 26.0. The van der Waals surface area contributed by atoms with Gasteiger partial charge in [-0.1, -0.05) is 32.8 Å². The van der Waals surface area contributed by atoms with Crippen molar-refractivity contribution in [2.75, 3.05) is 31.5 Å². The van der Waals surface area contributed by atoms with E-state index in [0.717, 1.165) is 46.8 Å². The predicted octanol–water partition coefficient (Wildman–Crippen LogP) is 2.95. The summed E-state index contributed by atoms with van der Waals surface area (Å²) in [6.45, 7) is 10.3. The van der Waals surface area contributed by atoms with Crippen LogP contribution >= 0.6 is 11.3 Å². The van der Waals surface area contributed by atoms with Gasteiger partial charge in [0, 0.05) is 45.7 Å². The van der Waals surface area contributed by atoms with Gasteiger partial charge in [-0.15, -0.1) is 11.3 Å². The van der Waals surface area contributed by atoms with Crippen LogP contribution in [0.25, 0.3) is 20.2 Å². The molecule has 3 aromatic rings. The second kappa shape index (κ2) is 12.1. The number of unbranched alkanes of at least 4 members (excludes halogenated alkanes) is 2. The van der Waals surface area contributed by atoms with Crippen molar-refractivity contribution >= 4 is 42.9 Å². The maximum Gasteiger partial charge on any atom is 0.270 e. The van der Waals surface area contributed by atoms with Gasteiger partial charge < -0.3 is 22.6 Å². The normalized spacial score (nSPS) is 11.1. The molecule has 0 bridgehead atoms. The van der Waals surface area contributed by atoms with Crippen LogP contribution in [0.5, 0.6) is 0 Å². The number of hydrogen-bond acceptors (Lipinski definition) is 6. The average molecular weight is 477 g/mol. The Morgan fingerprint density at radius 3 is 2.38 bits per heavy atom. The number of non-ortho nitro benzene ring substituents is 1. The largest absolute Gasteiger partial charge is 1.00 e. The number of halogens is 1. The Bertz CT molecular complexity index is 1120. The first-order chi connectivity index (χ1) is 15.0. The monoisotopic (exact) mass is 476 g/mol. The van der Waals surface area contributed by atoms with E-state index in [4.69, 9.17) is 0 Å². The highest BCUT2D eigenvalue weighted by Crippen LogP contribution is 2.32. The minimum absolute atomic E-state index is 0. The van der Waals surface area contributed by atoms with Crippen LogP contribution in [0, 0.1) is 17.0 Å². The van der Waals surface area contributed by atoms with E-state index in [-0.39, 0.29) is 23.5 Å². The predicted molar refractivity (Wildman–Crippen MR) is 132 cm³/mol. The van der Waals surface area contributed by atoms with E-state index < -0.39 is 4.92 Å². The lowest BCUT2D eigenvalue weighted by Gasteiger charge is -2.22. The number of nitrogens with zero attached hydrogens (tertiary/aromatic N) is 2. The highest BCUT2D eigenvalue weighted by molar-refractivity contribution is 7.24. The van der Waals surface area contributed by atoms with Crippen molar-refractivity contribution in [2.45, 2.75) is 46.5 Å². The second-order valence-corrected chi connectivity index (χ2v) is 9.03. The Labute approximate surface area is 199 Å². The number of nitro benzene ring substituents is 1. The summed E-state index contributed by atoms with van der Waals surface area (Å²) in [5.74, 6) is 0. The van der Waals surface area contributed by atoms with Crippen LogP contribution in [0.1, 0.15) is 45.1 Å². The maximum atomic E-state index is 13.3. The third kappa shape index (κ3) is 5.97. The van der Waals surface area contributed by atoms with Crippen molar-refractivity contribution in [3.63, 3.8) is 0 Å². The molecule has 174 valence electrons. The first-order valence-electron chi connectivity index (χ1n) is 11.1. The summed E-state index contributed by atoms with van der Waals surface area (Å²) in [6, 6.07) is 8.53. The van der Waals surface area contributed by atoms with E-state index in [2.05, 4.69) is 24.1 Å². The molecule has 3 rings (SSSR count). The zero-order valence-corrected chi connectivity index (χ0v) is 20.5. The van der Waals surface area contributed by atoms with E-state index in [1.807, 2.05) is 19.1 Å². The zero-order valence-electron chi connectivity index (χ0n) is 18.9. The van der Waals surface area contributed by atoms with E-state index in [9.17, 15) is 14.9 Å². The summed E-state index contributed by atoms with van der Waals surface area (Å²) >= 11 is 1.52. The summed E-state index contributed by atoms with van der Waals surface area (Å²) in [4.78, 5) is 26.6. The van der Waals surface area contributed by atoms with Crippen molar-refractivity contribution in [2.24, 2.45) is 0 Å². The first-order valence-corrected chi connectivity index (χ1v) is 11.9. The highest BCUT2D eigenvalue weighted by atomic mass is 35.5. The van der Waals surface area contributed by atoms with Gasteiger partial charge in [0.1, 0.15) is 0 Å². The van der Waals surface area contributed by atoms with Gasteiger partial charge in [-0.2, -0.15) is 0 Å². The van der Waals surface area contributed by atoms with Gasteiger partial charge in [-0.3, -0.25) is 14.9 Å². The standard InChI is InChI=1S/C24H31N3O3S.ClH/c1-4-6-13-26(14-7-5-2)15-12-25-20-10-8-17(3)24-22(20)23(28)19-16-18(27(29)30)9-11-21(19)31-24;/h8-11,16,25H,4-7,12-15H2,1-3H3;1H/p-1. The number of rotatable bonds is 11. The van der Waals surface area contributed by atoms with Crippen LogP contribution in [0.15, 0.2) is 35.1 Å². The molecule has 0 saturated heterocycles. The molecular formula is C24H31ClN3O3S-. The summed E-state index contributed by atoms with van der Waals surface area (Å²) in [5, 5.41) is 15.7. The van der Waals surface area contributed by atoms with E-state index in [1.165, 1.54) is 49.2 Å². The van der Waals surface area contributed by atoms with Crippen molar-refractivity contribution < 1.29 is 17.3 Å². The van der Waals surface area contributed by atoms with Gasteiger partial charge in [0.15, 0.2) is 5.43 Å². The molecule has 1 N–H and O–H groups in total. The lowest BCUT2D eigenvalue weighted by atomic mass is 10.1. The van der Waals surface area contributed by atoms with E-state index in [1.54, 1.807) is 6.07 Å². The van der Waals surface area contributed by atoms with Crippen molar-refractivity contribution in [3.05, 3.63) is 56.2 Å². The van der Waals surface area contributed by atoms with Crippen LogP contribution < -0.4 is 23.2 Å². The topological polar surface area (TPSA) is 75.5 Å². The molecule has 0 atom stereocenters. The lowest BCUT2D eigenvalue weighted by Crippen LogP contribution is -3.00. The summed E-state index contributed by atoms with van der Waals surface area (Å²) < 4.78 is 1.71. The van der Waals surface area contributed by atoms with Crippen LogP contribution in [0.4, 0.5) is 11.4 Å². The fraction of sp³-hybridized carbons (Fsp3) is 0.458. The molecule has 0 unspecified atom stereocenters. The third-order valence-electron chi connectivity index (χ3n) is 5.61. The molecular weight excluding hydrogens is 446 g/mol. The number of nitro groups is 1. The molecule has 1 heterocycles. The smallest absolute Gasteiger partial charge is 0.270 e. The zero-order chi connectivity index (χ0) is 22.4. The molecule has 0 radical (unpaired) electrons. The molecule has 0 saturated carbocycles. The Kier molecular flexibility index (Phi) is 9.87. The van der Waals surface area contributed by atoms with Crippen molar-refractivity contribution in [1.29, 1.82) is 0 Å². The Hall–Kier alpha value is -2.22. The molecule has 0 fully saturated rings. The Morgan fingerprint density at radius 1 is 1.06 bits per heavy atom. The molecule has 2 aromatic carbocycles. The fourth-order valence-corrected chi connectivity index (χ4v) is 4.93. The fourth-order valence-electron chi connectivity index (χ4n) is 3.78. The highest BCUT2D eigenvalue weighted by Gasteiger charge is 2.15. The van der Waals surface area contributed by atoms with Gasteiger partial charge in [-0.05, 0) is 50.6 Å². The molecule has 0 aliphatic rings. The summed E-state index contributed by atoms with van der Waals surface area (Å²) in [5.41, 5.74) is 1.64. The molecule has 0 aliphatic heterocycles. The average Bonchev–Trinajstić information content (AvgIpc) is 2.76. The summed E-state index contributed by atoms with van der Waals surface area (Å²) in [6.07, 6.45) is 4.74. The number of nitrogens with one attached hydrogen (secondary N) is 1. The van der Waals surface area contributed by atoms with Gasteiger partial charge in [-0.25, -0.2) is 0 Å².